The molecule has 27 heavy (non-hydrogen) atoms. The van der Waals surface area contributed by atoms with E-state index >= 15 is 0 Å². The number of carboxylic acids is 1. The Bertz CT molecular complexity index is 974. The smallest absolute Gasteiger partial charge is 0.327 e. The van der Waals surface area contributed by atoms with Gasteiger partial charge >= 0.3 is 5.97 Å². The maximum Gasteiger partial charge on any atom is 0.327 e. The van der Waals surface area contributed by atoms with E-state index in [2.05, 4.69) is 9.97 Å². The molecule has 0 bridgehead atoms. The summed E-state index contributed by atoms with van der Waals surface area (Å²) in [6.07, 6.45) is 3.07. The minimum atomic E-state index is -0.964. The van der Waals surface area contributed by atoms with Gasteiger partial charge in [-0.3, -0.25) is 0 Å². The second-order valence-electron chi connectivity index (χ2n) is 7.43. The Hall–Kier alpha value is -3.22. The Morgan fingerprint density at radius 3 is 2.37 bits per heavy atom. The lowest BCUT2D eigenvalue weighted by molar-refractivity contribution is -0.144. The summed E-state index contributed by atoms with van der Waals surface area (Å²) in [6, 6.07) is 8.48. The second kappa shape index (κ2) is 6.83. The molecule has 0 spiro atoms. The number of hydrogen-bond acceptors (Lipinski definition) is 4. The monoisotopic (exact) mass is 368 g/mol. The first-order valence-corrected chi connectivity index (χ1v) is 8.46. The Morgan fingerprint density at radius 2 is 1.81 bits per heavy atom. The van der Waals surface area contributed by atoms with Gasteiger partial charge < -0.3 is 15.4 Å². The van der Waals surface area contributed by atoms with Crippen molar-refractivity contribution in [2.45, 2.75) is 26.8 Å². The lowest BCUT2D eigenvalue weighted by Crippen LogP contribution is -2.31. The highest BCUT2D eigenvalue weighted by Crippen LogP contribution is 2.39. The highest BCUT2D eigenvalue weighted by atomic mass is 19.1. The standard InChI is InChI=1S/C20H21FN4O2/c1-20(2,3)18(19(26)27)25-11-24-16(12-4-6-14(21)7-5-12)17(25)13-8-9-23-15(22)10-13/h4-11,18H,1-3H3,(H2,22,23)(H,26,27). The zero-order chi connectivity index (χ0) is 19.8. The van der Waals surface area contributed by atoms with Crippen molar-refractivity contribution in [1.82, 2.24) is 14.5 Å². The number of carboxylic acid groups (broad SMARTS) is 1. The Balaban J connectivity index is 2.29. The number of benzene rings is 1. The summed E-state index contributed by atoms with van der Waals surface area (Å²) >= 11 is 0. The third kappa shape index (κ3) is 3.67. The number of carbonyl (C=O) groups is 1. The summed E-state index contributed by atoms with van der Waals surface area (Å²) in [6.45, 7) is 5.57. The zero-order valence-corrected chi connectivity index (χ0v) is 15.3. The van der Waals surface area contributed by atoms with Crippen LogP contribution in [0.3, 0.4) is 0 Å². The van der Waals surface area contributed by atoms with Crippen molar-refractivity contribution in [2.75, 3.05) is 5.73 Å². The van der Waals surface area contributed by atoms with Gasteiger partial charge in [-0.05, 0) is 41.8 Å². The van der Waals surface area contributed by atoms with Crippen LogP contribution in [0.25, 0.3) is 22.5 Å². The number of nitrogens with zero attached hydrogens (tertiary/aromatic N) is 3. The number of anilines is 1. The summed E-state index contributed by atoms with van der Waals surface area (Å²) < 4.78 is 15.0. The molecule has 3 rings (SSSR count). The summed E-state index contributed by atoms with van der Waals surface area (Å²) in [5, 5.41) is 9.87. The molecule has 0 radical (unpaired) electrons. The quantitative estimate of drug-likeness (QED) is 0.726. The minimum absolute atomic E-state index is 0.313. The van der Waals surface area contributed by atoms with E-state index in [9.17, 15) is 14.3 Å². The molecule has 2 heterocycles. The predicted octanol–water partition coefficient (Wildman–Crippen LogP) is 4.01. The number of aromatic nitrogens is 3. The number of nitrogen functional groups attached to an aromatic ring is 1. The van der Waals surface area contributed by atoms with Crippen molar-refractivity contribution >= 4 is 11.8 Å². The van der Waals surface area contributed by atoms with E-state index in [4.69, 9.17) is 5.73 Å². The van der Waals surface area contributed by atoms with Crippen molar-refractivity contribution in [2.24, 2.45) is 5.41 Å². The van der Waals surface area contributed by atoms with E-state index in [1.807, 2.05) is 20.8 Å². The van der Waals surface area contributed by atoms with Gasteiger partial charge in [-0.1, -0.05) is 20.8 Å². The van der Waals surface area contributed by atoms with Crippen LogP contribution in [-0.2, 0) is 4.79 Å². The van der Waals surface area contributed by atoms with Crippen molar-refractivity contribution in [3.05, 3.63) is 54.7 Å². The van der Waals surface area contributed by atoms with Gasteiger partial charge in [0.2, 0.25) is 0 Å². The number of hydrogen-bond donors (Lipinski definition) is 2. The maximum absolute atomic E-state index is 13.3. The molecule has 0 aliphatic carbocycles. The second-order valence-corrected chi connectivity index (χ2v) is 7.43. The lowest BCUT2D eigenvalue weighted by Gasteiger charge is -2.29. The molecular formula is C20H21FN4O2. The van der Waals surface area contributed by atoms with Crippen LogP contribution in [0.15, 0.2) is 48.9 Å². The molecule has 0 aliphatic heterocycles. The normalized spacial score (nSPS) is 12.7. The molecule has 1 aromatic carbocycles. The van der Waals surface area contributed by atoms with E-state index in [1.54, 1.807) is 35.0 Å². The highest BCUT2D eigenvalue weighted by molar-refractivity contribution is 5.82. The van der Waals surface area contributed by atoms with E-state index in [-0.39, 0.29) is 5.82 Å². The van der Waals surface area contributed by atoms with E-state index in [1.165, 1.54) is 18.5 Å². The van der Waals surface area contributed by atoms with Crippen molar-refractivity contribution in [3.8, 4) is 22.5 Å². The number of rotatable bonds is 4. The van der Waals surface area contributed by atoms with Gasteiger partial charge in [0.1, 0.15) is 17.7 Å². The van der Waals surface area contributed by atoms with Crippen LogP contribution in [0.4, 0.5) is 10.2 Å². The van der Waals surface area contributed by atoms with Crippen LogP contribution in [0, 0.1) is 11.2 Å². The van der Waals surface area contributed by atoms with Crippen LogP contribution in [0.1, 0.15) is 26.8 Å². The van der Waals surface area contributed by atoms with Crippen LogP contribution in [0.2, 0.25) is 0 Å². The van der Waals surface area contributed by atoms with Crippen LogP contribution >= 0.6 is 0 Å². The molecule has 1 unspecified atom stereocenters. The van der Waals surface area contributed by atoms with E-state index in [0.717, 1.165) is 0 Å². The number of aliphatic carboxylic acids is 1. The molecule has 6 nitrogen and oxygen atoms in total. The molecule has 3 aromatic rings. The molecule has 1 atom stereocenters. The molecule has 0 aliphatic rings. The summed E-state index contributed by atoms with van der Waals surface area (Å²) in [7, 11) is 0. The third-order valence-electron chi connectivity index (χ3n) is 4.30. The SMILES string of the molecule is CC(C)(C)C(C(=O)O)n1cnc(-c2ccc(F)cc2)c1-c1ccnc(N)c1. The van der Waals surface area contributed by atoms with Crippen LogP contribution < -0.4 is 5.73 Å². The first-order valence-electron chi connectivity index (χ1n) is 8.46. The molecule has 7 heteroatoms. The molecular weight excluding hydrogens is 347 g/mol. The molecule has 140 valence electrons. The largest absolute Gasteiger partial charge is 0.480 e. The fourth-order valence-corrected chi connectivity index (χ4v) is 3.16. The van der Waals surface area contributed by atoms with E-state index in [0.29, 0.717) is 28.3 Å². The molecule has 2 aromatic heterocycles. The summed E-state index contributed by atoms with van der Waals surface area (Å²) in [5.41, 5.74) is 7.79. The van der Waals surface area contributed by atoms with Gasteiger partial charge in [0.05, 0.1) is 17.7 Å². The van der Waals surface area contributed by atoms with Gasteiger partial charge in [-0.25, -0.2) is 19.2 Å². The summed E-state index contributed by atoms with van der Waals surface area (Å²) in [4.78, 5) is 20.5. The van der Waals surface area contributed by atoms with E-state index < -0.39 is 17.4 Å². The fourth-order valence-electron chi connectivity index (χ4n) is 3.16. The Kier molecular flexibility index (Phi) is 4.70. The first kappa shape index (κ1) is 18.6. The topological polar surface area (TPSA) is 94.0 Å². The van der Waals surface area contributed by atoms with Crippen molar-refractivity contribution in [1.29, 1.82) is 0 Å². The van der Waals surface area contributed by atoms with Crippen LogP contribution in [0.5, 0.6) is 0 Å². The predicted molar refractivity (Wildman–Crippen MR) is 101 cm³/mol. The van der Waals surface area contributed by atoms with Crippen molar-refractivity contribution < 1.29 is 14.3 Å². The van der Waals surface area contributed by atoms with Gasteiger partial charge in [0, 0.05) is 17.3 Å². The van der Waals surface area contributed by atoms with Crippen molar-refractivity contribution in [3.63, 3.8) is 0 Å². The molecule has 0 amide bonds. The van der Waals surface area contributed by atoms with Gasteiger partial charge in [0.25, 0.3) is 0 Å². The number of imidazole rings is 1. The first-order chi connectivity index (χ1) is 12.7. The van der Waals surface area contributed by atoms with Gasteiger partial charge in [0.15, 0.2) is 0 Å². The molecule has 0 saturated heterocycles. The molecule has 0 saturated carbocycles. The number of nitrogens with two attached hydrogens (primary N) is 1. The van der Waals surface area contributed by atoms with Gasteiger partial charge in [-0.15, -0.1) is 0 Å². The minimum Gasteiger partial charge on any atom is -0.480 e. The Labute approximate surface area is 156 Å². The Morgan fingerprint density at radius 1 is 1.15 bits per heavy atom. The van der Waals surface area contributed by atoms with Crippen LogP contribution in [-0.4, -0.2) is 25.6 Å². The molecule has 3 N–H and O–H groups in total. The zero-order valence-electron chi connectivity index (χ0n) is 15.3. The lowest BCUT2D eigenvalue weighted by atomic mass is 9.86. The number of halogens is 1. The fraction of sp³-hybridized carbons (Fsp3) is 0.250. The maximum atomic E-state index is 13.3. The average molecular weight is 368 g/mol. The summed E-state index contributed by atoms with van der Waals surface area (Å²) in [5.74, 6) is -1.01. The average Bonchev–Trinajstić information content (AvgIpc) is 2.98. The number of pyridine rings is 1. The van der Waals surface area contributed by atoms with Gasteiger partial charge in [-0.2, -0.15) is 0 Å². The third-order valence-corrected chi connectivity index (χ3v) is 4.30. The highest BCUT2D eigenvalue weighted by Gasteiger charge is 2.35. The molecule has 0 fully saturated rings.